The first kappa shape index (κ1) is 32.3. The molecule has 7 N–H and O–H groups in total. The predicted octanol–water partition coefficient (Wildman–Crippen LogP) is -2.44. The molecule has 1 saturated carbocycles. The molecular weight excluding hydrogens is 572 g/mol. The van der Waals surface area contributed by atoms with Gasteiger partial charge in [0.15, 0.2) is 0 Å². The van der Waals surface area contributed by atoms with Gasteiger partial charge < -0.3 is 36.7 Å². The number of rotatable bonds is 8. The van der Waals surface area contributed by atoms with Gasteiger partial charge in [0.2, 0.25) is 35.4 Å². The molecule has 6 amide bonds. The van der Waals surface area contributed by atoms with Crippen LogP contribution in [-0.2, 0) is 45.0 Å². The number of amides is 6. The van der Waals surface area contributed by atoms with Crippen LogP contribution in [0, 0.1) is 5.92 Å². The third-order valence-electron chi connectivity index (χ3n) is 6.71. The first-order chi connectivity index (χ1) is 19.8. The van der Waals surface area contributed by atoms with Crippen molar-refractivity contribution in [2.75, 3.05) is 18.6 Å². The van der Waals surface area contributed by atoms with Crippen molar-refractivity contribution in [3.05, 3.63) is 36.3 Å². The molecule has 3 rings (SSSR count). The van der Waals surface area contributed by atoms with Gasteiger partial charge in [-0.15, -0.1) is 0 Å². The van der Waals surface area contributed by atoms with Crippen LogP contribution in [0.3, 0.4) is 0 Å². The van der Waals surface area contributed by atoms with E-state index in [1.54, 1.807) is 12.1 Å². The highest BCUT2D eigenvalue weighted by Crippen LogP contribution is 2.33. The van der Waals surface area contributed by atoms with Crippen molar-refractivity contribution in [3.63, 3.8) is 0 Å². The largest absolute Gasteiger partial charge is 0.469 e. The molecule has 16 heteroatoms. The van der Waals surface area contributed by atoms with E-state index in [1.807, 2.05) is 0 Å². The van der Waals surface area contributed by atoms with Gasteiger partial charge in [-0.25, -0.2) is 8.42 Å². The number of carbonyl (C=O) groups is 6. The molecule has 1 aromatic heterocycles. The third kappa shape index (κ3) is 11.0. The second-order valence-electron chi connectivity index (χ2n) is 10.4. The molecule has 0 radical (unpaired) electrons. The number of hydrogen-bond acceptors (Lipinski definition) is 9. The number of sulfone groups is 1. The Kier molecular flexibility index (Phi) is 11.2. The maximum Gasteiger partial charge on any atom is 0.244 e. The number of furan rings is 1. The van der Waals surface area contributed by atoms with Gasteiger partial charge in [0.25, 0.3) is 0 Å². The van der Waals surface area contributed by atoms with Gasteiger partial charge >= 0.3 is 0 Å². The van der Waals surface area contributed by atoms with Crippen molar-refractivity contribution in [2.24, 2.45) is 11.7 Å². The quantitative estimate of drug-likeness (QED) is 0.184. The summed E-state index contributed by atoms with van der Waals surface area (Å²) < 4.78 is 29.0. The van der Waals surface area contributed by atoms with E-state index in [0.29, 0.717) is 5.76 Å². The van der Waals surface area contributed by atoms with Crippen molar-refractivity contribution in [3.8, 4) is 0 Å². The Morgan fingerprint density at radius 2 is 1.55 bits per heavy atom. The normalized spacial score (nSPS) is 26.0. The predicted molar refractivity (Wildman–Crippen MR) is 148 cm³/mol. The van der Waals surface area contributed by atoms with Gasteiger partial charge in [0.05, 0.1) is 12.0 Å². The summed E-state index contributed by atoms with van der Waals surface area (Å²) in [6, 6.07) is -1.65. The van der Waals surface area contributed by atoms with Crippen LogP contribution in [0.4, 0.5) is 0 Å². The lowest BCUT2D eigenvalue weighted by Gasteiger charge is -2.25. The fourth-order valence-corrected chi connectivity index (χ4v) is 4.91. The summed E-state index contributed by atoms with van der Waals surface area (Å²) >= 11 is 0. The average molecular weight is 609 g/mol. The molecule has 15 nitrogen and oxygen atoms in total. The maximum absolute atomic E-state index is 13.4. The van der Waals surface area contributed by atoms with E-state index in [-0.39, 0.29) is 38.1 Å². The summed E-state index contributed by atoms with van der Waals surface area (Å²) in [5.74, 6) is -4.54. The summed E-state index contributed by atoms with van der Waals surface area (Å²) in [5.41, 5.74) is 5.36. The van der Waals surface area contributed by atoms with Crippen LogP contribution in [-0.4, -0.2) is 86.6 Å². The second kappa shape index (κ2) is 14.6. The molecule has 0 aromatic carbocycles. The molecule has 1 fully saturated rings. The second-order valence-corrected chi connectivity index (χ2v) is 12.7. The van der Waals surface area contributed by atoms with Gasteiger partial charge in [0, 0.05) is 31.4 Å². The van der Waals surface area contributed by atoms with E-state index in [9.17, 15) is 37.2 Å². The fraction of sp³-hybridized carbons (Fsp3) is 0.538. The van der Waals surface area contributed by atoms with Crippen LogP contribution >= 0.6 is 0 Å². The Bertz CT molecular complexity index is 1310. The lowest BCUT2D eigenvalue weighted by molar-refractivity contribution is -0.133. The molecule has 42 heavy (non-hydrogen) atoms. The fourth-order valence-electron chi connectivity index (χ4n) is 4.24. The molecule has 2 aliphatic rings. The summed E-state index contributed by atoms with van der Waals surface area (Å²) in [6.45, 7) is -0.169. The van der Waals surface area contributed by atoms with Gasteiger partial charge in [-0.3, -0.25) is 28.8 Å². The average Bonchev–Trinajstić information content (AvgIpc) is 3.58. The minimum Gasteiger partial charge on any atom is -0.469 e. The van der Waals surface area contributed by atoms with Gasteiger partial charge in [-0.2, -0.15) is 0 Å². The molecule has 1 aromatic rings. The number of carbonyl (C=O) groups excluding carboxylic acids is 6. The molecule has 0 bridgehead atoms. The van der Waals surface area contributed by atoms with Crippen molar-refractivity contribution in [1.29, 1.82) is 0 Å². The van der Waals surface area contributed by atoms with Crippen molar-refractivity contribution in [1.82, 2.24) is 26.6 Å². The van der Waals surface area contributed by atoms with E-state index < -0.39 is 75.2 Å². The Labute approximate surface area is 242 Å². The highest BCUT2D eigenvalue weighted by atomic mass is 32.2. The Hall–Kier alpha value is -4.21. The van der Waals surface area contributed by atoms with E-state index >= 15 is 0 Å². The number of nitrogens with two attached hydrogens (primary N) is 1. The van der Waals surface area contributed by atoms with Crippen LogP contribution in [0.15, 0.2) is 35.0 Å². The zero-order chi connectivity index (χ0) is 30.9. The van der Waals surface area contributed by atoms with Gasteiger partial charge in [-0.1, -0.05) is 12.8 Å². The van der Waals surface area contributed by atoms with Crippen LogP contribution < -0.4 is 32.3 Å². The Balaban J connectivity index is 1.92. The van der Waals surface area contributed by atoms with Crippen LogP contribution in [0.1, 0.15) is 37.9 Å². The number of nitrogens with one attached hydrogen (secondary N) is 5. The molecule has 0 unspecified atom stereocenters. The molecule has 1 aliphatic heterocycles. The van der Waals surface area contributed by atoms with E-state index in [0.717, 1.165) is 31.2 Å². The van der Waals surface area contributed by atoms with Crippen LogP contribution in [0.5, 0.6) is 0 Å². The molecular formula is C26H36N6O9S. The monoisotopic (exact) mass is 608 g/mol. The van der Waals surface area contributed by atoms with Crippen molar-refractivity contribution in [2.45, 2.75) is 62.7 Å². The van der Waals surface area contributed by atoms with Gasteiger partial charge in [-0.05, 0) is 37.3 Å². The minimum atomic E-state index is -3.52. The SMILES string of the molecule is CS(=O)(=O)CC[C@@H]1NC(=O)[C@H](Cc2ccco2)NC(=O)[C@H](CC2CC2)NC(=O)/C=C/C(=O)N[C@H](C(N)=O)CCNC1=O. The van der Waals surface area contributed by atoms with E-state index in [4.69, 9.17) is 10.2 Å². The smallest absolute Gasteiger partial charge is 0.244 e. The third-order valence-corrected chi connectivity index (χ3v) is 7.68. The molecule has 1 aliphatic carbocycles. The lowest BCUT2D eigenvalue weighted by atomic mass is 10.1. The number of primary amides is 1. The molecule has 0 saturated heterocycles. The molecule has 230 valence electrons. The molecule has 2 heterocycles. The summed E-state index contributed by atoms with van der Waals surface area (Å²) in [6.07, 6.45) is 5.66. The van der Waals surface area contributed by atoms with E-state index in [1.165, 1.54) is 6.26 Å². The van der Waals surface area contributed by atoms with Gasteiger partial charge in [0.1, 0.15) is 39.8 Å². The molecule has 4 atom stereocenters. The minimum absolute atomic E-state index is 0.102. The van der Waals surface area contributed by atoms with Crippen molar-refractivity contribution < 1.29 is 41.6 Å². The van der Waals surface area contributed by atoms with Crippen LogP contribution in [0.25, 0.3) is 0 Å². The molecule has 0 spiro atoms. The van der Waals surface area contributed by atoms with E-state index in [2.05, 4.69) is 26.6 Å². The Morgan fingerprint density at radius 1 is 0.905 bits per heavy atom. The van der Waals surface area contributed by atoms with Crippen molar-refractivity contribution >= 4 is 45.3 Å². The summed E-state index contributed by atoms with van der Waals surface area (Å²) in [4.78, 5) is 76.6. The van der Waals surface area contributed by atoms with Crippen LogP contribution in [0.2, 0.25) is 0 Å². The zero-order valence-corrected chi connectivity index (χ0v) is 23.9. The lowest BCUT2D eigenvalue weighted by Crippen LogP contribution is -2.57. The zero-order valence-electron chi connectivity index (χ0n) is 23.1. The highest BCUT2D eigenvalue weighted by molar-refractivity contribution is 7.90. The first-order valence-corrected chi connectivity index (χ1v) is 15.5. The summed E-state index contributed by atoms with van der Waals surface area (Å²) in [5, 5.41) is 12.5. The first-order valence-electron chi connectivity index (χ1n) is 13.5. The number of hydrogen-bond donors (Lipinski definition) is 6. The Morgan fingerprint density at radius 3 is 2.14 bits per heavy atom. The topological polar surface area (TPSA) is 236 Å². The highest BCUT2D eigenvalue weighted by Gasteiger charge is 2.34. The standard InChI is InChI=1S/C26H36N6O9S/c1-42(39,40)12-9-18-24(36)28-10-8-17(23(27)35)29-21(33)6-7-22(34)30-19(13-15-4-5-15)25(37)32-20(26(38)31-18)14-16-3-2-11-41-16/h2-3,6-7,11,15,17-20H,4-5,8-10,12-14H2,1H3,(H2,27,35)(H,28,36)(H,29,33)(H,30,34)(H,31,38)(H,32,37)/b7-6+/t17-,18-,19-,20-/m0/s1. The summed E-state index contributed by atoms with van der Waals surface area (Å²) in [7, 11) is -3.52. The maximum atomic E-state index is 13.4.